The average molecular weight is 330 g/mol. The summed E-state index contributed by atoms with van der Waals surface area (Å²) in [7, 11) is 0. The number of Topliss-reactive ketones (excluding diaryl/α,β-unsaturated/α-hetero) is 1. The van der Waals surface area contributed by atoms with Gasteiger partial charge in [0.25, 0.3) is 5.56 Å². The van der Waals surface area contributed by atoms with Crippen LogP contribution in [0.1, 0.15) is 13.3 Å². The standard InChI is InChI=1S/C16H14N2O2S2/c1-10(19)7-8-21-16-17-14(20)12-9-13(22-15(12)18-16)11-5-3-2-4-6-11/h2-6,9H,7-8H2,1H3,(H,17,18,20). The molecular weight excluding hydrogens is 316 g/mol. The molecule has 3 aromatic rings. The van der Waals surface area contributed by atoms with Crippen molar-refractivity contribution in [3.05, 3.63) is 46.8 Å². The zero-order chi connectivity index (χ0) is 15.5. The fourth-order valence-electron chi connectivity index (χ4n) is 2.02. The first-order valence-electron chi connectivity index (χ1n) is 6.85. The van der Waals surface area contributed by atoms with Gasteiger partial charge < -0.3 is 4.98 Å². The van der Waals surface area contributed by atoms with Crippen LogP contribution in [-0.4, -0.2) is 21.5 Å². The molecule has 4 nitrogen and oxygen atoms in total. The Labute approximate surface area is 135 Å². The lowest BCUT2D eigenvalue weighted by Gasteiger charge is -1.98. The molecule has 22 heavy (non-hydrogen) atoms. The van der Waals surface area contributed by atoms with E-state index in [9.17, 15) is 9.59 Å². The molecule has 2 aromatic heterocycles. The summed E-state index contributed by atoms with van der Waals surface area (Å²) in [4.78, 5) is 32.2. The summed E-state index contributed by atoms with van der Waals surface area (Å²) in [5, 5.41) is 1.18. The summed E-state index contributed by atoms with van der Waals surface area (Å²) < 4.78 is 0. The first-order valence-corrected chi connectivity index (χ1v) is 8.65. The lowest BCUT2D eigenvalue weighted by atomic mass is 10.2. The Balaban J connectivity index is 1.93. The summed E-state index contributed by atoms with van der Waals surface area (Å²) >= 11 is 2.91. The predicted octanol–water partition coefficient (Wildman–Crippen LogP) is 3.72. The van der Waals surface area contributed by atoms with E-state index in [4.69, 9.17) is 0 Å². The van der Waals surface area contributed by atoms with Gasteiger partial charge in [0.05, 0.1) is 5.39 Å². The van der Waals surface area contributed by atoms with E-state index in [1.165, 1.54) is 23.1 Å². The maximum Gasteiger partial charge on any atom is 0.260 e. The number of hydrogen-bond donors (Lipinski definition) is 1. The van der Waals surface area contributed by atoms with E-state index in [1.54, 1.807) is 6.92 Å². The molecule has 0 spiro atoms. The van der Waals surface area contributed by atoms with Crippen molar-refractivity contribution in [3.63, 3.8) is 0 Å². The highest BCUT2D eigenvalue weighted by molar-refractivity contribution is 7.99. The largest absolute Gasteiger partial charge is 0.301 e. The predicted molar refractivity (Wildman–Crippen MR) is 91.7 cm³/mol. The number of nitrogens with one attached hydrogen (secondary N) is 1. The Morgan fingerprint density at radius 3 is 2.82 bits per heavy atom. The average Bonchev–Trinajstić information content (AvgIpc) is 2.92. The molecule has 1 aromatic carbocycles. The first kappa shape index (κ1) is 15.0. The molecule has 0 aliphatic heterocycles. The highest BCUT2D eigenvalue weighted by Crippen LogP contribution is 2.31. The molecule has 0 unspecified atom stereocenters. The molecule has 0 atom stereocenters. The van der Waals surface area contributed by atoms with Crippen LogP contribution in [0, 0.1) is 0 Å². The van der Waals surface area contributed by atoms with Crippen LogP contribution < -0.4 is 5.56 Å². The van der Waals surface area contributed by atoms with Gasteiger partial charge in [-0.1, -0.05) is 42.1 Å². The van der Waals surface area contributed by atoms with Crippen molar-refractivity contribution >= 4 is 39.1 Å². The van der Waals surface area contributed by atoms with Gasteiger partial charge in [-0.3, -0.25) is 9.59 Å². The zero-order valence-electron chi connectivity index (χ0n) is 12.0. The fourth-order valence-corrected chi connectivity index (χ4v) is 4.02. The topological polar surface area (TPSA) is 62.8 Å². The van der Waals surface area contributed by atoms with E-state index in [0.29, 0.717) is 22.7 Å². The molecule has 0 radical (unpaired) electrons. The number of benzene rings is 1. The van der Waals surface area contributed by atoms with Gasteiger partial charge in [0.1, 0.15) is 10.6 Å². The van der Waals surface area contributed by atoms with Crippen LogP contribution in [0.5, 0.6) is 0 Å². The molecular formula is C16H14N2O2S2. The van der Waals surface area contributed by atoms with Crippen LogP contribution in [0.3, 0.4) is 0 Å². The fraction of sp³-hybridized carbons (Fsp3) is 0.188. The van der Waals surface area contributed by atoms with Gasteiger partial charge >= 0.3 is 0 Å². The SMILES string of the molecule is CC(=O)CCSc1nc2sc(-c3ccccc3)cc2c(=O)[nH]1. The van der Waals surface area contributed by atoms with Crippen molar-refractivity contribution in [3.8, 4) is 10.4 Å². The Bertz CT molecular complexity index is 869. The summed E-state index contributed by atoms with van der Waals surface area (Å²) in [5.74, 6) is 0.763. The first-order chi connectivity index (χ1) is 10.6. The number of thiophene rings is 1. The van der Waals surface area contributed by atoms with E-state index < -0.39 is 0 Å². The van der Waals surface area contributed by atoms with E-state index in [2.05, 4.69) is 9.97 Å². The van der Waals surface area contributed by atoms with E-state index in [0.717, 1.165) is 15.3 Å². The van der Waals surface area contributed by atoms with Crippen molar-refractivity contribution in [1.29, 1.82) is 0 Å². The molecule has 0 aliphatic carbocycles. The second-order valence-corrected chi connectivity index (χ2v) is 6.98. The highest BCUT2D eigenvalue weighted by atomic mass is 32.2. The minimum Gasteiger partial charge on any atom is -0.301 e. The van der Waals surface area contributed by atoms with Crippen LogP contribution in [0.4, 0.5) is 0 Å². The summed E-state index contributed by atoms with van der Waals surface area (Å²) in [6.45, 7) is 1.56. The Morgan fingerprint density at radius 2 is 2.09 bits per heavy atom. The Hall–Kier alpha value is -1.92. The van der Waals surface area contributed by atoms with Crippen LogP contribution in [0.2, 0.25) is 0 Å². The molecule has 0 aliphatic rings. The maximum atomic E-state index is 12.2. The molecule has 112 valence electrons. The smallest absolute Gasteiger partial charge is 0.260 e. The van der Waals surface area contributed by atoms with Gasteiger partial charge in [-0.25, -0.2) is 4.98 Å². The van der Waals surface area contributed by atoms with Crippen molar-refractivity contribution < 1.29 is 4.79 Å². The monoisotopic (exact) mass is 330 g/mol. The lowest BCUT2D eigenvalue weighted by molar-refractivity contribution is -0.116. The molecule has 0 bridgehead atoms. The number of nitrogens with zero attached hydrogens (tertiary/aromatic N) is 1. The van der Waals surface area contributed by atoms with Crippen LogP contribution in [0.25, 0.3) is 20.7 Å². The molecule has 0 saturated heterocycles. The van der Waals surface area contributed by atoms with Gasteiger partial charge in [0, 0.05) is 17.1 Å². The van der Waals surface area contributed by atoms with Crippen molar-refractivity contribution in [2.45, 2.75) is 18.5 Å². The van der Waals surface area contributed by atoms with Gasteiger partial charge in [0.2, 0.25) is 0 Å². The lowest BCUT2D eigenvalue weighted by Crippen LogP contribution is -2.07. The quantitative estimate of drug-likeness (QED) is 0.572. The highest BCUT2D eigenvalue weighted by Gasteiger charge is 2.10. The number of aromatic nitrogens is 2. The molecule has 0 saturated carbocycles. The zero-order valence-corrected chi connectivity index (χ0v) is 13.6. The third-order valence-electron chi connectivity index (χ3n) is 3.13. The number of rotatable bonds is 5. The van der Waals surface area contributed by atoms with Gasteiger partial charge in [-0.15, -0.1) is 11.3 Å². The van der Waals surface area contributed by atoms with Crippen molar-refractivity contribution in [2.75, 3.05) is 5.75 Å². The van der Waals surface area contributed by atoms with Crippen molar-refractivity contribution in [2.24, 2.45) is 0 Å². The number of ketones is 1. The molecule has 3 rings (SSSR count). The number of H-pyrrole nitrogens is 1. The van der Waals surface area contributed by atoms with E-state index in [1.807, 2.05) is 36.4 Å². The van der Waals surface area contributed by atoms with Crippen LogP contribution >= 0.6 is 23.1 Å². The summed E-state index contributed by atoms with van der Waals surface area (Å²) in [5.41, 5.74) is 0.949. The molecule has 1 N–H and O–H groups in total. The molecule has 0 amide bonds. The van der Waals surface area contributed by atoms with E-state index >= 15 is 0 Å². The second kappa shape index (κ2) is 6.46. The second-order valence-electron chi connectivity index (χ2n) is 4.87. The Morgan fingerprint density at radius 1 is 1.32 bits per heavy atom. The summed E-state index contributed by atoms with van der Waals surface area (Å²) in [6.07, 6.45) is 0.478. The number of carbonyl (C=O) groups excluding carboxylic acids is 1. The number of hydrogen-bond acceptors (Lipinski definition) is 5. The third kappa shape index (κ3) is 3.28. The van der Waals surface area contributed by atoms with Gasteiger partial charge in [-0.2, -0.15) is 0 Å². The molecule has 0 fully saturated rings. The van der Waals surface area contributed by atoms with E-state index in [-0.39, 0.29) is 11.3 Å². The van der Waals surface area contributed by atoms with Crippen molar-refractivity contribution in [1.82, 2.24) is 9.97 Å². The number of fused-ring (bicyclic) bond motifs is 1. The molecule has 2 heterocycles. The maximum absolute atomic E-state index is 12.2. The normalized spacial score (nSPS) is 11.0. The van der Waals surface area contributed by atoms with Gasteiger partial charge in [0.15, 0.2) is 5.16 Å². The van der Waals surface area contributed by atoms with Gasteiger partial charge in [-0.05, 0) is 18.6 Å². The third-order valence-corrected chi connectivity index (χ3v) is 5.08. The minimum atomic E-state index is -0.131. The number of carbonyl (C=O) groups is 1. The number of thioether (sulfide) groups is 1. The summed E-state index contributed by atoms with van der Waals surface area (Å²) in [6, 6.07) is 11.8. The number of aromatic amines is 1. The Kier molecular flexibility index (Phi) is 4.40. The van der Waals surface area contributed by atoms with Crippen LogP contribution in [0.15, 0.2) is 46.3 Å². The minimum absolute atomic E-state index is 0.131. The van der Waals surface area contributed by atoms with Crippen LogP contribution in [-0.2, 0) is 4.79 Å². The molecule has 6 heteroatoms.